The van der Waals surface area contributed by atoms with Crippen LogP contribution in [0.25, 0.3) is 0 Å². The third-order valence-corrected chi connectivity index (χ3v) is 7.17. The van der Waals surface area contributed by atoms with E-state index < -0.39 is 35.2 Å². The van der Waals surface area contributed by atoms with E-state index in [-0.39, 0.29) is 37.1 Å². The molecule has 3 rings (SSSR count). The third-order valence-electron chi connectivity index (χ3n) is 7.17. The molecule has 12 heteroatoms. The third kappa shape index (κ3) is 9.73. The molecule has 2 saturated heterocycles. The van der Waals surface area contributed by atoms with E-state index in [1.807, 2.05) is 0 Å². The predicted molar refractivity (Wildman–Crippen MR) is 153 cm³/mol. The maximum absolute atomic E-state index is 13.2. The molecule has 0 aromatic carbocycles. The van der Waals surface area contributed by atoms with Gasteiger partial charge in [0.2, 0.25) is 11.8 Å². The molecule has 2 aliphatic heterocycles. The molecule has 41 heavy (non-hydrogen) atoms. The van der Waals surface area contributed by atoms with Crippen LogP contribution in [0.4, 0.5) is 10.5 Å². The van der Waals surface area contributed by atoms with Crippen LogP contribution in [0.2, 0.25) is 0 Å². The monoisotopic (exact) mass is 573 g/mol. The maximum Gasteiger partial charge on any atom is 0.408 e. The summed E-state index contributed by atoms with van der Waals surface area (Å²) in [4.78, 5) is 65.3. The van der Waals surface area contributed by atoms with Crippen molar-refractivity contribution in [3.63, 3.8) is 0 Å². The maximum atomic E-state index is 13.2. The van der Waals surface area contributed by atoms with Crippen LogP contribution in [0.15, 0.2) is 35.3 Å². The van der Waals surface area contributed by atoms with E-state index in [0.717, 1.165) is 25.9 Å². The molecule has 3 N–H and O–H groups in total. The number of piperidine rings is 2. The molecule has 1 aromatic heterocycles. The minimum atomic E-state index is -1.07. The van der Waals surface area contributed by atoms with Crippen LogP contribution in [0.3, 0.4) is 0 Å². The number of pyridine rings is 1. The average molecular weight is 574 g/mol. The van der Waals surface area contributed by atoms with Gasteiger partial charge in [0, 0.05) is 25.4 Å². The number of carbonyl (C=O) groups excluding carboxylic acids is 4. The highest BCUT2D eigenvalue weighted by Crippen LogP contribution is 2.32. The Balaban J connectivity index is 1.66. The van der Waals surface area contributed by atoms with Crippen molar-refractivity contribution in [3.8, 4) is 0 Å². The van der Waals surface area contributed by atoms with Gasteiger partial charge >= 0.3 is 12.1 Å². The molecule has 3 heterocycles. The van der Waals surface area contributed by atoms with Gasteiger partial charge < -0.3 is 30.0 Å². The molecule has 0 saturated carbocycles. The molecule has 0 radical (unpaired) electrons. The smallest absolute Gasteiger partial charge is 0.408 e. The van der Waals surface area contributed by atoms with Gasteiger partial charge in [-0.3, -0.25) is 19.3 Å². The number of alkyl carbamates (subject to hydrolysis) is 1. The van der Waals surface area contributed by atoms with Gasteiger partial charge in [-0.15, -0.1) is 0 Å². The van der Waals surface area contributed by atoms with E-state index in [4.69, 9.17) is 4.74 Å². The number of amides is 3. The summed E-state index contributed by atoms with van der Waals surface area (Å²) in [7, 11) is 1.25. The van der Waals surface area contributed by atoms with Gasteiger partial charge in [0.1, 0.15) is 23.9 Å². The zero-order chi connectivity index (χ0) is 30.2. The summed E-state index contributed by atoms with van der Waals surface area (Å²) < 4.78 is 11.1. The van der Waals surface area contributed by atoms with Crippen LogP contribution in [0.5, 0.6) is 0 Å². The lowest BCUT2D eigenvalue weighted by molar-refractivity contribution is -0.134. The van der Waals surface area contributed by atoms with Crippen molar-refractivity contribution >= 4 is 29.6 Å². The van der Waals surface area contributed by atoms with Crippen LogP contribution < -0.4 is 21.5 Å². The minimum Gasteiger partial charge on any atom is -0.466 e. The van der Waals surface area contributed by atoms with E-state index in [2.05, 4.69) is 32.5 Å². The Morgan fingerprint density at radius 1 is 1.22 bits per heavy atom. The second-order valence-electron chi connectivity index (χ2n) is 11.8. The number of rotatable bonds is 10. The van der Waals surface area contributed by atoms with Gasteiger partial charge in [0.15, 0.2) is 0 Å². The Morgan fingerprint density at radius 2 is 1.98 bits per heavy atom. The molecule has 3 amide bonds. The molecule has 0 aliphatic carbocycles. The summed E-state index contributed by atoms with van der Waals surface area (Å²) in [5.41, 5.74) is -1.36. The normalized spacial score (nSPS) is 22.9. The number of aromatic nitrogens is 1. The van der Waals surface area contributed by atoms with Crippen molar-refractivity contribution in [3.05, 3.63) is 40.8 Å². The van der Waals surface area contributed by atoms with E-state index >= 15 is 0 Å². The number of ether oxygens (including phenoxy) is 2. The van der Waals surface area contributed by atoms with Crippen molar-refractivity contribution in [1.82, 2.24) is 20.1 Å². The predicted octanol–water partition coefficient (Wildman–Crippen LogP) is 2.38. The van der Waals surface area contributed by atoms with Gasteiger partial charge in [-0.25, -0.2) is 9.59 Å². The van der Waals surface area contributed by atoms with Crippen molar-refractivity contribution < 1.29 is 28.7 Å². The average Bonchev–Trinajstić information content (AvgIpc) is 2.89. The lowest BCUT2D eigenvalue weighted by Gasteiger charge is -2.47. The zero-order valence-corrected chi connectivity index (χ0v) is 24.6. The lowest BCUT2D eigenvalue weighted by Crippen LogP contribution is -2.59. The van der Waals surface area contributed by atoms with E-state index in [9.17, 15) is 24.0 Å². The number of anilines is 1. The highest BCUT2D eigenvalue weighted by Gasteiger charge is 2.36. The van der Waals surface area contributed by atoms with Crippen LogP contribution in [-0.2, 0) is 30.4 Å². The number of methoxy groups -OCH3 is 1. The first-order valence-corrected chi connectivity index (χ1v) is 14.1. The SMILES string of the molecule is COC(=O)/C=C/CCC(NC(=O)OC(C)(C)C)C(=O)Nc1cccn(CC(=O)NC2C(C)CC3CCCN2C3)c1=O. The highest BCUT2D eigenvalue weighted by molar-refractivity contribution is 5.96. The second kappa shape index (κ2) is 14.3. The summed E-state index contributed by atoms with van der Waals surface area (Å²) >= 11 is 0. The molecule has 5 atom stereocenters. The van der Waals surface area contributed by atoms with Gasteiger partial charge in [-0.05, 0) is 76.8 Å². The number of allylic oxidation sites excluding steroid dienone is 1. The van der Waals surface area contributed by atoms with Gasteiger partial charge in [-0.1, -0.05) is 13.0 Å². The summed E-state index contributed by atoms with van der Waals surface area (Å²) in [5, 5.41) is 8.20. The molecule has 2 bridgehead atoms. The first-order valence-electron chi connectivity index (χ1n) is 14.1. The largest absolute Gasteiger partial charge is 0.466 e. The van der Waals surface area contributed by atoms with Crippen LogP contribution in [-0.4, -0.2) is 71.4 Å². The molecular weight excluding hydrogens is 530 g/mol. The van der Waals surface area contributed by atoms with Crippen LogP contribution in [0, 0.1) is 11.8 Å². The molecular formula is C29H43N5O7. The topological polar surface area (TPSA) is 148 Å². The number of fused-ring (bicyclic) bond motifs is 2. The summed E-state index contributed by atoms with van der Waals surface area (Å²) in [6.07, 6.45) is 7.18. The standard InChI is InChI=1S/C29H43N5O7/c1-19-16-20-10-8-14-33(17-20)25(19)32-23(35)18-34-15-9-12-22(27(34)38)30-26(37)21(11-6-7-13-24(36)40-5)31-28(39)41-29(2,3)4/h7,9,12-13,15,19-21,25H,6,8,10-11,14,16-18H2,1-5H3,(H,30,37)(H,31,39)(H,32,35)/b13-7+. The van der Waals surface area contributed by atoms with Gasteiger partial charge in [0.05, 0.1) is 13.3 Å². The fourth-order valence-electron chi connectivity index (χ4n) is 5.36. The van der Waals surface area contributed by atoms with E-state index in [0.29, 0.717) is 11.8 Å². The molecule has 1 aromatic rings. The first kappa shape index (κ1) is 31.9. The number of hydrogen-bond donors (Lipinski definition) is 3. The van der Waals surface area contributed by atoms with Gasteiger partial charge in [-0.2, -0.15) is 0 Å². The molecule has 2 fully saturated rings. The Kier molecular flexibility index (Phi) is 11.1. The highest BCUT2D eigenvalue weighted by atomic mass is 16.6. The quantitative estimate of drug-likeness (QED) is 0.286. The molecule has 2 aliphatic rings. The molecule has 5 unspecified atom stereocenters. The molecule has 12 nitrogen and oxygen atoms in total. The van der Waals surface area contributed by atoms with E-state index in [1.54, 1.807) is 26.8 Å². The Hall–Kier alpha value is -3.67. The Labute approximate surface area is 240 Å². The number of nitrogens with zero attached hydrogens (tertiary/aromatic N) is 2. The first-order chi connectivity index (χ1) is 19.4. The zero-order valence-electron chi connectivity index (χ0n) is 24.6. The summed E-state index contributed by atoms with van der Waals surface area (Å²) in [5.74, 6) is -0.474. The molecule has 0 spiro atoms. The number of carbonyl (C=O) groups is 4. The number of hydrogen-bond acceptors (Lipinski definition) is 8. The lowest BCUT2D eigenvalue weighted by atomic mass is 9.82. The number of esters is 1. The van der Waals surface area contributed by atoms with Crippen molar-refractivity contribution in [1.29, 1.82) is 0 Å². The fourth-order valence-corrected chi connectivity index (χ4v) is 5.36. The van der Waals surface area contributed by atoms with Crippen LogP contribution in [0.1, 0.15) is 59.8 Å². The van der Waals surface area contributed by atoms with Crippen molar-refractivity contribution in [2.45, 2.75) is 84.2 Å². The van der Waals surface area contributed by atoms with Gasteiger partial charge in [0.25, 0.3) is 5.56 Å². The molecule has 226 valence electrons. The van der Waals surface area contributed by atoms with Crippen molar-refractivity contribution in [2.75, 3.05) is 25.5 Å². The van der Waals surface area contributed by atoms with Crippen molar-refractivity contribution in [2.24, 2.45) is 11.8 Å². The van der Waals surface area contributed by atoms with Crippen LogP contribution >= 0.6 is 0 Å². The van der Waals surface area contributed by atoms with E-state index in [1.165, 1.54) is 42.5 Å². The summed E-state index contributed by atoms with van der Waals surface area (Å²) in [6.45, 7) is 8.97. The summed E-state index contributed by atoms with van der Waals surface area (Å²) in [6, 6.07) is 1.94. The Bertz CT molecular complexity index is 1190. The number of nitrogens with one attached hydrogen (secondary N) is 3. The Morgan fingerprint density at radius 3 is 2.68 bits per heavy atom. The fraction of sp³-hybridized carbons (Fsp3) is 0.621. The minimum absolute atomic E-state index is 0.0312. The second-order valence-corrected chi connectivity index (χ2v) is 11.8.